The summed E-state index contributed by atoms with van der Waals surface area (Å²) in [6.45, 7) is 4.39. The summed E-state index contributed by atoms with van der Waals surface area (Å²) in [7, 11) is -1.42. The van der Waals surface area contributed by atoms with Gasteiger partial charge in [-0.1, -0.05) is 12.1 Å². The number of para-hydroxylation sites is 1. The number of benzene rings is 2. The van der Waals surface area contributed by atoms with Crippen LogP contribution in [-0.4, -0.2) is 47.3 Å². The van der Waals surface area contributed by atoms with Crippen molar-refractivity contribution in [2.75, 3.05) is 13.1 Å². The van der Waals surface area contributed by atoms with E-state index in [9.17, 15) is 13.2 Å². The lowest BCUT2D eigenvalue weighted by Gasteiger charge is -2.44. The molecule has 2 aromatic carbocycles. The second-order valence-electron chi connectivity index (χ2n) is 9.03. The van der Waals surface area contributed by atoms with Crippen LogP contribution in [0.5, 0.6) is 5.75 Å². The third-order valence-corrected chi connectivity index (χ3v) is 8.96. The van der Waals surface area contributed by atoms with E-state index in [4.69, 9.17) is 4.74 Å². The molecule has 1 saturated heterocycles. The molecule has 3 heterocycles. The van der Waals surface area contributed by atoms with Gasteiger partial charge in [-0.2, -0.15) is 5.10 Å². The molecule has 2 aliphatic rings. The molecule has 0 bridgehead atoms. The number of piperidine rings is 1. The number of carbonyl (C=O) groups excluding carboxylic acids is 1. The molecule has 1 spiro atoms. The minimum atomic E-state index is -3.36. The van der Waals surface area contributed by atoms with Crippen LogP contribution in [0.4, 0.5) is 0 Å². The van der Waals surface area contributed by atoms with Gasteiger partial charge in [0.1, 0.15) is 11.4 Å². The van der Waals surface area contributed by atoms with Crippen molar-refractivity contribution in [1.29, 1.82) is 0 Å². The van der Waals surface area contributed by atoms with E-state index >= 15 is 0 Å². The summed E-state index contributed by atoms with van der Waals surface area (Å²) in [6, 6.07) is 14.3. The Balaban J connectivity index is 1.36. The monoisotopic (exact) mass is 465 g/mol. The molecular formula is C25H27N3O4S. The van der Waals surface area contributed by atoms with Crippen LogP contribution in [0.3, 0.4) is 0 Å². The quantitative estimate of drug-likeness (QED) is 0.588. The second-order valence-corrected chi connectivity index (χ2v) is 11.5. The number of rotatable bonds is 3. The zero-order valence-electron chi connectivity index (χ0n) is 19.0. The maximum absolute atomic E-state index is 13.1. The summed E-state index contributed by atoms with van der Waals surface area (Å²) in [5.41, 5.74) is 3.15. The normalized spacial score (nSPS) is 16.9. The molecule has 0 N–H and O–H groups in total. The number of fused-ring (bicyclic) bond motifs is 4. The van der Waals surface area contributed by atoms with Crippen LogP contribution >= 0.6 is 0 Å². The predicted octanol–water partition coefficient (Wildman–Crippen LogP) is 3.79. The Kier molecular flexibility index (Phi) is 5.08. The lowest BCUT2D eigenvalue weighted by atomic mass is 9.81. The molecule has 0 radical (unpaired) electrons. The molecule has 5 rings (SSSR count). The van der Waals surface area contributed by atoms with E-state index in [1.165, 1.54) is 12.1 Å². The maximum atomic E-state index is 13.1. The van der Waals surface area contributed by atoms with E-state index < -0.39 is 20.7 Å². The topological polar surface area (TPSA) is 81.5 Å². The number of nitrogens with zero attached hydrogens (tertiary/aromatic N) is 3. The van der Waals surface area contributed by atoms with Gasteiger partial charge < -0.3 is 9.64 Å². The van der Waals surface area contributed by atoms with Gasteiger partial charge >= 0.3 is 0 Å². The Morgan fingerprint density at radius 3 is 2.39 bits per heavy atom. The molecule has 2 aliphatic heterocycles. The highest BCUT2D eigenvalue weighted by molar-refractivity contribution is 7.92. The summed E-state index contributed by atoms with van der Waals surface area (Å²) in [5, 5.41) is 3.99. The highest BCUT2D eigenvalue weighted by Crippen LogP contribution is 2.49. The lowest BCUT2D eigenvalue weighted by molar-refractivity contribution is -0.00172. The summed E-state index contributed by atoms with van der Waals surface area (Å²) < 4.78 is 33.2. The van der Waals surface area contributed by atoms with Gasteiger partial charge in [-0.25, -0.2) is 8.42 Å². The molecule has 1 aromatic heterocycles. The number of hydrogen-bond acceptors (Lipinski definition) is 5. The second kappa shape index (κ2) is 7.73. The fourth-order valence-electron chi connectivity index (χ4n) is 4.79. The highest BCUT2D eigenvalue weighted by atomic mass is 32.2. The fourth-order valence-corrected chi connectivity index (χ4v) is 5.85. The van der Waals surface area contributed by atoms with Crippen LogP contribution < -0.4 is 4.74 Å². The van der Waals surface area contributed by atoms with Crippen molar-refractivity contribution in [2.45, 2.75) is 42.4 Å². The number of aryl methyl sites for hydroxylation is 1. The van der Waals surface area contributed by atoms with Crippen LogP contribution in [0.1, 0.15) is 42.6 Å². The van der Waals surface area contributed by atoms with E-state index in [1.54, 1.807) is 26.0 Å². The standard InChI is InChI=1S/C25H27N3O4S/c1-17(2)33(30,31)19-10-8-18(9-11-19)24(29)28-14-12-25(13-15-28)21-16-26-27(3)23(21)20-6-4-5-7-22(20)32-25/h4-11,16-17H,12-15H2,1-3H3. The number of ether oxygens (including phenoxy) is 1. The molecular weight excluding hydrogens is 438 g/mol. The van der Waals surface area contributed by atoms with Crippen LogP contribution in [0.15, 0.2) is 59.6 Å². The highest BCUT2D eigenvalue weighted by Gasteiger charge is 2.45. The smallest absolute Gasteiger partial charge is 0.253 e. The van der Waals surface area contributed by atoms with Gasteiger partial charge in [0.05, 0.1) is 22.0 Å². The molecule has 0 aliphatic carbocycles. The Hall–Kier alpha value is -3.13. The molecule has 0 saturated carbocycles. The SMILES string of the molecule is CC(C)S(=O)(=O)c1ccc(C(=O)N2CCC3(CC2)Oc2ccccc2-c2c3cnn2C)cc1. The number of hydrogen-bond donors (Lipinski definition) is 0. The van der Waals surface area contributed by atoms with Crippen LogP contribution in [-0.2, 0) is 22.5 Å². The Bertz CT molecular complexity index is 1320. The lowest BCUT2D eigenvalue weighted by Crippen LogP contribution is -2.49. The van der Waals surface area contributed by atoms with E-state index in [-0.39, 0.29) is 10.8 Å². The van der Waals surface area contributed by atoms with Gasteiger partial charge in [-0.05, 0) is 50.2 Å². The molecule has 172 valence electrons. The first-order valence-electron chi connectivity index (χ1n) is 11.2. The van der Waals surface area contributed by atoms with E-state index in [0.29, 0.717) is 31.5 Å². The predicted molar refractivity (Wildman–Crippen MR) is 125 cm³/mol. The third kappa shape index (κ3) is 3.44. The van der Waals surface area contributed by atoms with Gasteiger partial charge in [0.25, 0.3) is 5.91 Å². The zero-order valence-corrected chi connectivity index (χ0v) is 19.8. The number of carbonyl (C=O) groups is 1. The van der Waals surface area contributed by atoms with Crippen molar-refractivity contribution in [3.05, 3.63) is 65.9 Å². The average Bonchev–Trinajstić information content (AvgIpc) is 3.22. The molecule has 3 aromatic rings. The summed E-state index contributed by atoms with van der Waals surface area (Å²) in [5.74, 6) is 0.747. The Morgan fingerprint density at radius 2 is 1.73 bits per heavy atom. The largest absolute Gasteiger partial charge is 0.482 e. The number of sulfone groups is 1. The first kappa shape index (κ1) is 21.7. The first-order chi connectivity index (χ1) is 15.7. The third-order valence-electron chi connectivity index (χ3n) is 6.79. The average molecular weight is 466 g/mol. The van der Waals surface area contributed by atoms with Crippen LogP contribution in [0, 0.1) is 0 Å². The molecule has 0 atom stereocenters. The first-order valence-corrected chi connectivity index (χ1v) is 12.7. The van der Waals surface area contributed by atoms with Crippen LogP contribution in [0.25, 0.3) is 11.3 Å². The number of aromatic nitrogens is 2. The molecule has 1 fully saturated rings. The van der Waals surface area contributed by atoms with Gasteiger partial charge in [0.15, 0.2) is 9.84 Å². The van der Waals surface area contributed by atoms with Gasteiger partial charge in [0, 0.05) is 49.7 Å². The summed E-state index contributed by atoms with van der Waals surface area (Å²) in [6.07, 6.45) is 3.20. The van der Waals surface area contributed by atoms with Crippen LogP contribution in [0.2, 0.25) is 0 Å². The van der Waals surface area contributed by atoms with Crippen molar-refractivity contribution >= 4 is 15.7 Å². The van der Waals surface area contributed by atoms with Crippen molar-refractivity contribution in [3.63, 3.8) is 0 Å². The van der Waals surface area contributed by atoms with Gasteiger partial charge in [0.2, 0.25) is 0 Å². The Labute approximate surface area is 193 Å². The van der Waals surface area contributed by atoms with E-state index in [0.717, 1.165) is 22.6 Å². The van der Waals surface area contributed by atoms with Crippen molar-refractivity contribution in [2.24, 2.45) is 7.05 Å². The van der Waals surface area contributed by atoms with E-state index in [2.05, 4.69) is 5.10 Å². The molecule has 1 amide bonds. The molecule has 33 heavy (non-hydrogen) atoms. The van der Waals surface area contributed by atoms with E-state index in [1.807, 2.05) is 47.1 Å². The summed E-state index contributed by atoms with van der Waals surface area (Å²) >= 11 is 0. The van der Waals surface area contributed by atoms with Gasteiger partial charge in [-0.15, -0.1) is 0 Å². The molecule has 8 heteroatoms. The molecule has 7 nitrogen and oxygen atoms in total. The van der Waals surface area contributed by atoms with Crippen molar-refractivity contribution in [3.8, 4) is 17.0 Å². The minimum absolute atomic E-state index is 0.0963. The number of amides is 1. The Morgan fingerprint density at radius 1 is 1.06 bits per heavy atom. The van der Waals surface area contributed by atoms with Crippen molar-refractivity contribution < 1.29 is 17.9 Å². The number of likely N-dealkylation sites (tertiary alicyclic amines) is 1. The fraction of sp³-hybridized carbons (Fsp3) is 0.360. The van der Waals surface area contributed by atoms with Crippen molar-refractivity contribution in [1.82, 2.24) is 14.7 Å². The minimum Gasteiger partial charge on any atom is -0.482 e. The zero-order chi connectivity index (χ0) is 23.4. The molecule has 0 unspecified atom stereocenters. The maximum Gasteiger partial charge on any atom is 0.253 e. The van der Waals surface area contributed by atoms with Gasteiger partial charge in [-0.3, -0.25) is 9.48 Å². The summed E-state index contributed by atoms with van der Waals surface area (Å²) in [4.78, 5) is 15.2.